The molecule has 1 aliphatic carbocycles. The van der Waals surface area contributed by atoms with Crippen LogP contribution < -0.4 is 0 Å². The smallest absolute Gasteiger partial charge is 0.338 e. The number of amides is 1. The van der Waals surface area contributed by atoms with Crippen molar-refractivity contribution in [2.75, 3.05) is 6.54 Å². The third kappa shape index (κ3) is 2.72. The zero-order chi connectivity index (χ0) is 13.3. The molecule has 1 fully saturated rings. The van der Waals surface area contributed by atoms with E-state index in [-0.39, 0.29) is 23.3 Å². The molecule has 2 rings (SSSR count). The summed E-state index contributed by atoms with van der Waals surface area (Å²) in [6.45, 7) is 4.61. The van der Waals surface area contributed by atoms with Gasteiger partial charge in [-0.1, -0.05) is 0 Å². The van der Waals surface area contributed by atoms with Crippen LogP contribution in [-0.4, -0.2) is 34.5 Å². The van der Waals surface area contributed by atoms with Crippen molar-refractivity contribution >= 4 is 11.9 Å². The Labute approximate surface area is 105 Å². The van der Waals surface area contributed by atoms with E-state index in [2.05, 4.69) is 0 Å². The van der Waals surface area contributed by atoms with Crippen LogP contribution in [0.4, 0.5) is 0 Å². The number of carboxylic acid groups (broad SMARTS) is 1. The van der Waals surface area contributed by atoms with Gasteiger partial charge in [0.15, 0.2) is 5.76 Å². The first-order valence-corrected chi connectivity index (χ1v) is 6.12. The first kappa shape index (κ1) is 12.7. The van der Waals surface area contributed by atoms with Gasteiger partial charge in [0.2, 0.25) is 0 Å². The molecule has 1 N–H and O–H groups in total. The molecule has 0 radical (unpaired) electrons. The summed E-state index contributed by atoms with van der Waals surface area (Å²) in [4.78, 5) is 24.7. The Bertz CT molecular complexity index is 459. The van der Waals surface area contributed by atoms with E-state index < -0.39 is 5.97 Å². The molecule has 1 amide bonds. The highest BCUT2D eigenvalue weighted by molar-refractivity contribution is 5.95. The molecule has 1 saturated carbocycles. The van der Waals surface area contributed by atoms with E-state index >= 15 is 0 Å². The number of carbonyl (C=O) groups excluding carboxylic acids is 1. The molecular formula is C13H17NO4. The summed E-state index contributed by atoms with van der Waals surface area (Å²) in [6, 6.07) is 1.36. The average molecular weight is 251 g/mol. The molecule has 1 aliphatic rings. The zero-order valence-electron chi connectivity index (χ0n) is 10.5. The summed E-state index contributed by atoms with van der Waals surface area (Å²) in [5.41, 5.74) is 0.00785. The monoisotopic (exact) mass is 251 g/mol. The van der Waals surface area contributed by atoms with Gasteiger partial charge in [-0.2, -0.15) is 0 Å². The number of carboxylic acids is 1. The predicted octanol–water partition coefficient (Wildman–Crippen LogP) is 2.24. The maximum absolute atomic E-state index is 12.2. The van der Waals surface area contributed by atoms with Crippen molar-refractivity contribution in [3.63, 3.8) is 0 Å². The zero-order valence-corrected chi connectivity index (χ0v) is 10.5. The largest absolute Gasteiger partial charge is 0.478 e. The highest BCUT2D eigenvalue weighted by atomic mass is 16.4. The molecule has 0 unspecified atom stereocenters. The predicted molar refractivity (Wildman–Crippen MR) is 64.6 cm³/mol. The number of aromatic carboxylic acids is 1. The van der Waals surface area contributed by atoms with Gasteiger partial charge in [-0.15, -0.1) is 0 Å². The quantitative estimate of drug-likeness (QED) is 0.871. The molecule has 18 heavy (non-hydrogen) atoms. The standard InChI is InChI=1S/C13H17NO4/c1-8(2)14(6-9-3-4-9)12(15)11-5-10(7-18-11)13(16)17/h5,7-9H,3-4,6H2,1-2H3,(H,16,17). The highest BCUT2D eigenvalue weighted by Crippen LogP contribution is 2.30. The molecule has 1 aromatic heterocycles. The van der Waals surface area contributed by atoms with E-state index in [1.807, 2.05) is 13.8 Å². The lowest BCUT2D eigenvalue weighted by Gasteiger charge is -2.25. The van der Waals surface area contributed by atoms with Gasteiger partial charge in [0.05, 0.1) is 5.56 Å². The fourth-order valence-corrected chi connectivity index (χ4v) is 1.81. The average Bonchev–Trinajstić information content (AvgIpc) is 2.97. The number of hydrogen-bond donors (Lipinski definition) is 1. The van der Waals surface area contributed by atoms with Crippen LogP contribution in [0.5, 0.6) is 0 Å². The van der Waals surface area contributed by atoms with Gasteiger partial charge < -0.3 is 14.4 Å². The van der Waals surface area contributed by atoms with E-state index in [0.717, 1.165) is 25.6 Å². The Morgan fingerprint density at radius 3 is 2.61 bits per heavy atom. The lowest BCUT2D eigenvalue weighted by atomic mass is 10.2. The van der Waals surface area contributed by atoms with Gasteiger partial charge in [0.25, 0.3) is 5.91 Å². The van der Waals surface area contributed by atoms with Crippen molar-refractivity contribution < 1.29 is 19.1 Å². The van der Waals surface area contributed by atoms with E-state index in [4.69, 9.17) is 9.52 Å². The Hall–Kier alpha value is -1.78. The summed E-state index contributed by atoms with van der Waals surface area (Å²) in [7, 11) is 0. The third-order valence-corrected chi connectivity index (χ3v) is 3.09. The number of hydrogen-bond acceptors (Lipinski definition) is 3. The SMILES string of the molecule is CC(C)N(CC1CC1)C(=O)c1cc(C(=O)O)co1. The molecular weight excluding hydrogens is 234 g/mol. The molecule has 0 bridgehead atoms. The van der Waals surface area contributed by atoms with Gasteiger partial charge in [0.1, 0.15) is 6.26 Å². The second-order valence-corrected chi connectivity index (χ2v) is 5.00. The van der Waals surface area contributed by atoms with Crippen LogP contribution in [0.1, 0.15) is 47.6 Å². The van der Waals surface area contributed by atoms with Crippen LogP contribution in [0.2, 0.25) is 0 Å². The van der Waals surface area contributed by atoms with E-state index in [0.29, 0.717) is 5.92 Å². The summed E-state index contributed by atoms with van der Waals surface area (Å²) >= 11 is 0. The normalized spacial score (nSPS) is 14.8. The molecule has 0 spiro atoms. The van der Waals surface area contributed by atoms with Crippen LogP contribution in [0, 0.1) is 5.92 Å². The van der Waals surface area contributed by atoms with Crippen molar-refractivity contribution in [3.8, 4) is 0 Å². The molecule has 5 heteroatoms. The Kier molecular flexibility index (Phi) is 3.41. The van der Waals surface area contributed by atoms with Gasteiger partial charge in [-0.25, -0.2) is 4.79 Å². The summed E-state index contributed by atoms with van der Waals surface area (Å²) in [5, 5.41) is 8.80. The van der Waals surface area contributed by atoms with Gasteiger partial charge >= 0.3 is 5.97 Å². The molecule has 0 saturated heterocycles. The van der Waals surface area contributed by atoms with E-state index in [1.165, 1.54) is 6.07 Å². The Morgan fingerprint density at radius 1 is 1.50 bits per heavy atom. The molecule has 1 aromatic rings. The second-order valence-electron chi connectivity index (χ2n) is 5.00. The Balaban J connectivity index is 2.12. The van der Waals surface area contributed by atoms with E-state index in [1.54, 1.807) is 4.90 Å². The van der Waals surface area contributed by atoms with Crippen LogP contribution in [0.25, 0.3) is 0 Å². The molecule has 1 heterocycles. The van der Waals surface area contributed by atoms with Crippen molar-refractivity contribution in [2.24, 2.45) is 5.92 Å². The fourth-order valence-electron chi connectivity index (χ4n) is 1.81. The van der Waals surface area contributed by atoms with E-state index in [9.17, 15) is 9.59 Å². The van der Waals surface area contributed by atoms with Gasteiger partial charge in [0, 0.05) is 18.7 Å². The summed E-state index contributed by atoms with van der Waals surface area (Å²) in [6.07, 6.45) is 3.43. The molecule has 0 aliphatic heterocycles. The maximum atomic E-state index is 12.2. The minimum atomic E-state index is -1.09. The number of rotatable bonds is 5. The number of furan rings is 1. The second kappa shape index (κ2) is 4.84. The lowest BCUT2D eigenvalue weighted by Crippen LogP contribution is -2.38. The fraction of sp³-hybridized carbons (Fsp3) is 0.538. The molecule has 98 valence electrons. The molecule has 0 atom stereocenters. The minimum Gasteiger partial charge on any atom is -0.478 e. The topological polar surface area (TPSA) is 70.8 Å². The van der Waals surface area contributed by atoms with Crippen molar-refractivity contribution in [3.05, 3.63) is 23.7 Å². The molecule has 5 nitrogen and oxygen atoms in total. The lowest BCUT2D eigenvalue weighted by molar-refractivity contribution is 0.0661. The van der Waals surface area contributed by atoms with Gasteiger partial charge in [-0.05, 0) is 32.6 Å². The van der Waals surface area contributed by atoms with Crippen LogP contribution >= 0.6 is 0 Å². The molecule has 0 aromatic carbocycles. The van der Waals surface area contributed by atoms with Crippen LogP contribution in [0.15, 0.2) is 16.7 Å². The van der Waals surface area contributed by atoms with Crippen molar-refractivity contribution in [1.29, 1.82) is 0 Å². The van der Waals surface area contributed by atoms with Crippen molar-refractivity contribution in [2.45, 2.75) is 32.7 Å². The summed E-state index contributed by atoms with van der Waals surface area (Å²) < 4.78 is 5.05. The first-order chi connectivity index (χ1) is 8.49. The highest BCUT2D eigenvalue weighted by Gasteiger charge is 2.30. The number of nitrogens with zero attached hydrogens (tertiary/aromatic N) is 1. The number of carbonyl (C=O) groups is 2. The minimum absolute atomic E-state index is 0.00785. The van der Waals surface area contributed by atoms with Crippen LogP contribution in [0.3, 0.4) is 0 Å². The Morgan fingerprint density at radius 2 is 2.17 bits per heavy atom. The van der Waals surface area contributed by atoms with Crippen molar-refractivity contribution in [1.82, 2.24) is 4.90 Å². The summed E-state index contributed by atoms with van der Waals surface area (Å²) in [5.74, 6) is -0.632. The first-order valence-electron chi connectivity index (χ1n) is 6.12. The third-order valence-electron chi connectivity index (χ3n) is 3.09. The van der Waals surface area contributed by atoms with Gasteiger partial charge in [-0.3, -0.25) is 4.79 Å². The van der Waals surface area contributed by atoms with Crippen LogP contribution in [-0.2, 0) is 0 Å². The maximum Gasteiger partial charge on any atom is 0.338 e.